The maximum Gasteiger partial charge on any atom is 0.435 e. The fourth-order valence-electron chi connectivity index (χ4n) is 2.93. The molecule has 0 spiro atoms. The standard InChI is InChI=1S/C20H14F3N3O2/c1-26-16(10-18(25-26)20(21,22)23)19-15-9-13(28-12-5-3-2-4-6-12)7-8-14(15)17(27)11-24-19/h2-11,27H,1H3. The molecule has 0 saturated heterocycles. The predicted molar refractivity (Wildman–Crippen MR) is 97.1 cm³/mol. The van der Waals surface area contributed by atoms with Gasteiger partial charge in [-0.15, -0.1) is 0 Å². The van der Waals surface area contributed by atoms with Crippen LogP contribution >= 0.6 is 0 Å². The second kappa shape index (κ2) is 6.56. The quantitative estimate of drug-likeness (QED) is 0.530. The molecule has 4 rings (SSSR count). The van der Waals surface area contributed by atoms with E-state index >= 15 is 0 Å². The minimum atomic E-state index is -4.57. The number of hydrogen-bond acceptors (Lipinski definition) is 4. The van der Waals surface area contributed by atoms with Crippen LogP contribution in [0.5, 0.6) is 17.2 Å². The van der Waals surface area contributed by atoms with Crippen molar-refractivity contribution >= 4 is 10.8 Å². The smallest absolute Gasteiger partial charge is 0.435 e. The van der Waals surface area contributed by atoms with Crippen molar-refractivity contribution in [2.24, 2.45) is 7.05 Å². The molecular formula is C20H14F3N3O2. The molecule has 0 aliphatic carbocycles. The van der Waals surface area contributed by atoms with Gasteiger partial charge in [-0.05, 0) is 36.4 Å². The number of fused-ring (bicyclic) bond motifs is 1. The average molecular weight is 385 g/mol. The van der Waals surface area contributed by atoms with Crippen LogP contribution in [0.15, 0.2) is 60.8 Å². The van der Waals surface area contributed by atoms with Crippen LogP contribution in [0.4, 0.5) is 13.2 Å². The molecule has 0 amide bonds. The Balaban J connectivity index is 1.86. The zero-order valence-corrected chi connectivity index (χ0v) is 14.6. The van der Waals surface area contributed by atoms with Gasteiger partial charge < -0.3 is 9.84 Å². The maximum atomic E-state index is 13.0. The summed E-state index contributed by atoms with van der Waals surface area (Å²) in [5.41, 5.74) is -0.573. The highest BCUT2D eigenvalue weighted by Gasteiger charge is 2.35. The van der Waals surface area contributed by atoms with E-state index in [1.54, 1.807) is 30.3 Å². The lowest BCUT2D eigenvalue weighted by Crippen LogP contribution is -2.06. The van der Waals surface area contributed by atoms with Crippen LogP contribution in [-0.2, 0) is 13.2 Å². The Bertz CT molecular complexity index is 1150. The van der Waals surface area contributed by atoms with Crippen molar-refractivity contribution in [1.29, 1.82) is 0 Å². The average Bonchev–Trinajstić information content (AvgIpc) is 3.05. The fraction of sp³-hybridized carbons (Fsp3) is 0.100. The Kier molecular flexibility index (Phi) is 4.18. The summed E-state index contributed by atoms with van der Waals surface area (Å²) in [6.45, 7) is 0. The molecule has 4 aromatic rings. The van der Waals surface area contributed by atoms with Gasteiger partial charge in [0.25, 0.3) is 0 Å². The molecule has 0 aliphatic heterocycles. The molecule has 2 heterocycles. The van der Waals surface area contributed by atoms with Crippen LogP contribution in [0.2, 0.25) is 0 Å². The van der Waals surface area contributed by atoms with Gasteiger partial charge in [0.1, 0.15) is 17.2 Å². The van der Waals surface area contributed by atoms with E-state index in [0.717, 1.165) is 10.7 Å². The zero-order chi connectivity index (χ0) is 19.9. The summed E-state index contributed by atoms with van der Waals surface area (Å²) in [6, 6.07) is 14.9. The van der Waals surface area contributed by atoms with Crippen LogP contribution in [-0.4, -0.2) is 19.9 Å². The molecular weight excluding hydrogens is 371 g/mol. The summed E-state index contributed by atoms with van der Waals surface area (Å²) in [6.07, 6.45) is -3.36. The fourth-order valence-corrected chi connectivity index (χ4v) is 2.93. The Morgan fingerprint density at radius 2 is 1.71 bits per heavy atom. The molecule has 2 aromatic heterocycles. The Morgan fingerprint density at radius 1 is 0.964 bits per heavy atom. The van der Waals surface area contributed by atoms with Gasteiger partial charge in [0.15, 0.2) is 5.69 Å². The molecule has 5 nitrogen and oxygen atoms in total. The Hall–Kier alpha value is -3.55. The normalized spacial score (nSPS) is 11.7. The minimum absolute atomic E-state index is 0.0803. The molecule has 0 radical (unpaired) electrons. The van der Waals surface area contributed by atoms with E-state index in [1.165, 1.54) is 13.2 Å². The van der Waals surface area contributed by atoms with Gasteiger partial charge in [0.2, 0.25) is 0 Å². The lowest BCUT2D eigenvalue weighted by atomic mass is 10.1. The first-order chi connectivity index (χ1) is 13.3. The number of aromatic hydroxyl groups is 1. The lowest BCUT2D eigenvalue weighted by molar-refractivity contribution is -0.141. The minimum Gasteiger partial charge on any atom is -0.506 e. The number of halogens is 3. The van der Waals surface area contributed by atoms with Gasteiger partial charge in [-0.3, -0.25) is 9.67 Å². The Labute approximate surface area is 157 Å². The number of benzene rings is 2. The highest BCUT2D eigenvalue weighted by molar-refractivity contribution is 5.98. The van der Waals surface area contributed by atoms with E-state index < -0.39 is 11.9 Å². The van der Waals surface area contributed by atoms with Gasteiger partial charge in [-0.2, -0.15) is 18.3 Å². The third-order valence-electron chi connectivity index (χ3n) is 4.23. The van der Waals surface area contributed by atoms with Gasteiger partial charge in [-0.1, -0.05) is 18.2 Å². The molecule has 0 saturated carbocycles. The van der Waals surface area contributed by atoms with E-state index in [-0.39, 0.29) is 17.1 Å². The van der Waals surface area contributed by atoms with Crippen molar-refractivity contribution in [2.75, 3.05) is 0 Å². The highest BCUT2D eigenvalue weighted by Crippen LogP contribution is 2.37. The highest BCUT2D eigenvalue weighted by atomic mass is 19.4. The molecule has 142 valence electrons. The molecule has 0 atom stereocenters. The van der Waals surface area contributed by atoms with Crippen LogP contribution in [0, 0.1) is 0 Å². The number of rotatable bonds is 3. The third-order valence-corrected chi connectivity index (χ3v) is 4.23. The van der Waals surface area contributed by atoms with Crippen molar-refractivity contribution in [1.82, 2.24) is 14.8 Å². The van der Waals surface area contributed by atoms with Gasteiger partial charge in [0.05, 0.1) is 17.6 Å². The molecule has 0 fully saturated rings. The first-order valence-electron chi connectivity index (χ1n) is 8.29. The molecule has 0 aliphatic rings. The second-order valence-corrected chi connectivity index (χ2v) is 6.15. The third kappa shape index (κ3) is 3.24. The van der Waals surface area contributed by atoms with E-state index in [9.17, 15) is 18.3 Å². The van der Waals surface area contributed by atoms with Gasteiger partial charge in [-0.25, -0.2) is 0 Å². The first-order valence-corrected chi connectivity index (χ1v) is 8.29. The van der Waals surface area contributed by atoms with Crippen molar-refractivity contribution in [3.63, 3.8) is 0 Å². The van der Waals surface area contributed by atoms with Crippen molar-refractivity contribution in [3.05, 3.63) is 66.5 Å². The monoisotopic (exact) mass is 385 g/mol. The summed E-state index contributed by atoms with van der Waals surface area (Å²) in [4.78, 5) is 4.15. The van der Waals surface area contributed by atoms with E-state index in [1.807, 2.05) is 18.2 Å². The molecule has 2 aromatic carbocycles. The first kappa shape index (κ1) is 17.8. The summed E-state index contributed by atoms with van der Waals surface area (Å²) >= 11 is 0. The number of aromatic nitrogens is 3. The second-order valence-electron chi connectivity index (χ2n) is 6.15. The van der Waals surface area contributed by atoms with E-state index in [0.29, 0.717) is 22.3 Å². The maximum absolute atomic E-state index is 13.0. The van der Waals surface area contributed by atoms with E-state index in [2.05, 4.69) is 10.1 Å². The molecule has 0 bridgehead atoms. The number of ether oxygens (including phenoxy) is 1. The molecule has 1 N–H and O–H groups in total. The molecule has 28 heavy (non-hydrogen) atoms. The van der Waals surface area contributed by atoms with Crippen molar-refractivity contribution < 1.29 is 23.0 Å². The topological polar surface area (TPSA) is 60.2 Å². The van der Waals surface area contributed by atoms with Crippen molar-refractivity contribution in [2.45, 2.75) is 6.18 Å². The number of pyridine rings is 1. The van der Waals surface area contributed by atoms with Gasteiger partial charge >= 0.3 is 6.18 Å². The zero-order valence-electron chi connectivity index (χ0n) is 14.6. The van der Waals surface area contributed by atoms with Crippen LogP contribution < -0.4 is 4.74 Å². The number of nitrogens with zero attached hydrogens (tertiary/aromatic N) is 3. The van der Waals surface area contributed by atoms with Crippen molar-refractivity contribution in [3.8, 4) is 28.6 Å². The number of hydrogen-bond donors (Lipinski definition) is 1. The summed E-state index contributed by atoms with van der Waals surface area (Å²) < 4.78 is 46.0. The largest absolute Gasteiger partial charge is 0.506 e. The lowest BCUT2D eigenvalue weighted by Gasteiger charge is -2.10. The Morgan fingerprint density at radius 3 is 2.39 bits per heavy atom. The number of aryl methyl sites for hydroxylation is 1. The molecule has 8 heteroatoms. The van der Waals surface area contributed by atoms with Crippen LogP contribution in [0.25, 0.3) is 22.2 Å². The summed E-state index contributed by atoms with van der Waals surface area (Å²) in [7, 11) is 1.41. The SMILES string of the molecule is Cn1nc(C(F)(F)F)cc1-c1ncc(O)c2ccc(Oc3ccccc3)cc12. The van der Waals surface area contributed by atoms with E-state index in [4.69, 9.17) is 4.74 Å². The number of alkyl halides is 3. The summed E-state index contributed by atoms with van der Waals surface area (Å²) in [5.74, 6) is 0.991. The number of para-hydroxylation sites is 1. The predicted octanol–water partition coefficient (Wildman–Crippen LogP) is 5.15. The molecule has 0 unspecified atom stereocenters. The van der Waals surface area contributed by atoms with Crippen LogP contribution in [0.3, 0.4) is 0 Å². The summed E-state index contributed by atoms with van der Waals surface area (Å²) in [5, 5.41) is 14.6. The van der Waals surface area contributed by atoms with Crippen LogP contribution in [0.1, 0.15) is 5.69 Å². The van der Waals surface area contributed by atoms with Gasteiger partial charge in [0, 0.05) is 17.8 Å².